The highest BCUT2D eigenvalue weighted by molar-refractivity contribution is 9.10. The van der Waals surface area contributed by atoms with Gasteiger partial charge in [-0.2, -0.15) is 0 Å². The van der Waals surface area contributed by atoms with Gasteiger partial charge in [0, 0.05) is 37.4 Å². The molecule has 0 aliphatic heterocycles. The zero-order chi connectivity index (χ0) is 21.3. The quantitative estimate of drug-likeness (QED) is 0.520. The number of benzene rings is 1. The van der Waals surface area contributed by atoms with Gasteiger partial charge in [-0.1, -0.05) is 31.5 Å². The Hall–Kier alpha value is -2.06. The van der Waals surface area contributed by atoms with Gasteiger partial charge in [0.25, 0.3) is 5.56 Å². The maximum atomic E-state index is 13.0. The lowest BCUT2D eigenvalue weighted by Crippen LogP contribution is -2.39. The summed E-state index contributed by atoms with van der Waals surface area (Å²) >= 11 is 9.56. The molecule has 2 heterocycles. The van der Waals surface area contributed by atoms with Crippen LogP contribution in [0.25, 0.3) is 11.2 Å². The molecular weight excluding hydrogens is 458 g/mol. The Morgan fingerprint density at radius 2 is 2.00 bits per heavy atom. The molecule has 3 aromatic rings. The first kappa shape index (κ1) is 21.6. The first-order valence-electron chi connectivity index (χ1n) is 9.60. The van der Waals surface area contributed by atoms with Crippen LogP contribution in [0.15, 0.2) is 32.5 Å². The number of hydrogen-bond donors (Lipinski definition) is 1. The summed E-state index contributed by atoms with van der Waals surface area (Å²) in [6.07, 6.45) is 0.704. The molecule has 0 fully saturated rings. The molecule has 0 aliphatic carbocycles. The molecule has 7 nitrogen and oxygen atoms in total. The zero-order valence-electron chi connectivity index (χ0n) is 17.0. The van der Waals surface area contributed by atoms with Crippen molar-refractivity contribution in [2.45, 2.75) is 40.3 Å². The lowest BCUT2D eigenvalue weighted by molar-refractivity contribution is 0.502. The lowest BCUT2D eigenvalue weighted by atomic mass is 10.1. The van der Waals surface area contributed by atoms with Crippen molar-refractivity contribution in [3.63, 3.8) is 0 Å². The molecule has 9 heteroatoms. The molecule has 0 saturated carbocycles. The van der Waals surface area contributed by atoms with Gasteiger partial charge in [0.2, 0.25) is 0 Å². The molecule has 0 radical (unpaired) electrons. The van der Waals surface area contributed by atoms with E-state index in [9.17, 15) is 9.59 Å². The summed E-state index contributed by atoms with van der Waals surface area (Å²) in [4.78, 5) is 29.9. The fourth-order valence-corrected chi connectivity index (χ4v) is 4.04. The van der Waals surface area contributed by atoms with E-state index in [1.165, 1.54) is 9.13 Å². The summed E-state index contributed by atoms with van der Waals surface area (Å²) in [5.41, 5.74) is 2.31. The van der Waals surface area contributed by atoms with Crippen molar-refractivity contribution in [1.29, 1.82) is 0 Å². The number of nitrogens with one attached hydrogen (secondary N) is 1. The second-order valence-electron chi connectivity index (χ2n) is 7.41. The Morgan fingerprint density at radius 1 is 1.28 bits per heavy atom. The maximum absolute atomic E-state index is 13.0. The average molecular weight is 483 g/mol. The molecule has 156 valence electrons. The smallest absolute Gasteiger partial charge is 0.332 e. The first-order valence-corrected chi connectivity index (χ1v) is 10.8. The number of anilines is 1. The summed E-state index contributed by atoms with van der Waals surface area (Å²) in [6, 6.07) is 5.75. The Morgan fingerprint density at radius 3 is 2.69 bits per heavy atom. The topological polar surface area (TPSA) is 73.8 Å². The molecule has 0 aliphatic rings. The van der Waals surface area contributed by atoms with Crippen molar-refractivity contribution < 1.29 is 0 Å². The summed E-state index contributed by atoms with van der Waals surface area (Å²) in [6.45, 7) is 7.72. The second kappa shape index (κ2) is 8.75. The summed E-state index contributed by atoms with van der Waals surface area (Å²) < 4.78 is 5.11. The molecule has 1 N–H and O–H groups in total. The number of halogens is 2. The molecule has 29 heavy (non-hydrogen) atoms. The van der Waals surface area contributed by atoms with E-state index in [0.29, 0.717) is 47.0 Å². The van der Waals surface area contributed by atoms with E-state index in [0.717, 1.165) is 11.3 Å². The van der Waals surface area contributed by atoms with Gasteiger partial charge in [0.15, 0.2) is 15.9 Å². The number of aromatic nitrogens is 4. The lowest BCUT2D eigenvalue weighted by Gasteiger charge is -2.17. The highest BCUT2D eigenvalue weighted by Gasteiger charge is 2.20. The molecule has 0 spiro atoms. The van der Waals surface area contributed by atoms with Gasteiger partial charge < -0.3 is 9.88 Å². The van der Waals surface area contributed by atoms with E-state index in [1.807, 2.05) is 36.6 Å². The number of nitrogens with zero attached hydrogens (tertiary/aromatic N) is 4. The Bertz CT molecular complexity index is 1160. The van der Waals surface area contributed by atoms with Gasteiger partial charge in [0.1, 0.15) is 0 Å². The molecule has 0 saturated heterocycles. The predicted molar refractivity (Wildman–Crippen MR) is 121 cm³/mol. The van der Waals surface area contributed by atoms with E-state index in [4.69, 9.17) is 11.6 Å². The predicted octanol–water partition coefficient (Wildman–Crippen LogP) is 3.78. The van der Waals surface area contributed by atoms with Crippen LogP contribution in [0.3, 0.4) is 0 Å². The van der Waals surface area contributed by atoms with Crippen LogP contribution in [-0.2, 0) is 20.1 Å². The SMILES string of the molecule is CCCn1c(=O)c2c(nc(Br)n2C[C@@H](C)CNc2cc(Cl)ccc2C)n(C)c1=O. The number of rotatable bonds is 7. The summed E-state index contributed by atoms with van der Waals surface area (Å²) in [5.74, 6) is 0.193. The third kappa shape index (κ3) is 4.28. The van der Waals surface area contributed by atoms with Crippen molar-refractivity contribution in [1.82, 2.24) is 18.7 Å². The van der Waals surface area contributed by atoms with E-state index in [-0.39, 0.29) is 17.2 Å². The second-order valence-corrected chi connectivity index (χ2v) is 8.55. The van der Waals surface area contributed by atoms with Crippen LogP contribution in [0.1, 0.15) is 25.8 Å². The van der Waals surface area contributed by atoms with Gasteiger partial charge in [-0.05, 0) is 52.9 Å². The summed E-state index contributed by atoms with van der Waals surface area (Å²) in [5, 5.41) is 4.11. The fourth-order valence-electron chi connectivity index (χ4n) is 3.38. The molecule has 0 amide bonds. The van der Waals surface area contributed by atoms with Crippen LogP contribution >= 0.6 is 27.5 Å². The van der Waals surface area contributed by atoms with Gasteiger partial charge in [0.05, 0.1) is 0 Å². The Labute approximate surface area is 182 Å². The van der Waals surface area contributed by atoms with Crippen LogP contribution in [0.5, 0.6) is 0 Å². The van der Waals surface area contributed by atoms with Crippen molar-refractivity contribution in [3.05, 3.63) is 54.4 Å². The molecule has 1 aromatic carbocycles. The van der Waals surface area contributed by atoms with Crippen LogP contribution < -0.4 is 16.6 Å². The number of fused-ring (bicyclic) bond motifs is 1. The van der Waals surface area contributed by atoms with Gasteiger partial charge in [-0.25, -0.2) is 9.78 Å². The third-order valence-corrected chi connectivity index (χ3v) is 5.81. The van der Waals surface area contributed by atoms with Crippen LogP contribution in [0.2, 0.25) is 5.02 Å². The fraction of sp³-hybridized carbons (Fsp3) is 0.450. The van der Waals surface area contributed by atoms with Crippen LogP contribution in [0.4, 0.5) is 5.69 Å². The first-order chi connectivity index (χ1) is 13.7. The summed E-state index contributed by atoms with van der Waals surface area (Å²) in [7, 11) is 1.65. The molecule has 3 rings (SSSR count). The minimum absolute atomic E-state index is 0.193. The largest absolute Gasteiger partial charge is 0.384 e. The van der Waals surface area contributed by atoms with Crippen LogP contribution in [-0.4, -0.2) is 25.2 Å². The number of imidazole rings is 1. The average Bonchev–Trinajstić information content (AvgIpc) is 3.00. The molecule has 1 atom stereocenters. The van der Waals surface area contributed by atoms with Crippen molar-refractivity contribution in [3.8, 4) is 0 Å². The molecule has 2 aromatic heterocycles. The van der Waals surface area contributed by atoms with Crippen molar-refractivity contribution in [2.75, 3.05) is 11.9 Å². The normalized spacial score (nSPS) is 12.5. The van der Waals surface area contributed by atoms with Crippen LogP contribution in [0, 0.1) is 12.8 Å². The van der Waals surface area contributed by atoms with Crippen molar-refractivity contribution >= 4 is 44.4 Å². The van der Waals surface area contributed by atoms with E-state index < -0.39 is 0 Å². The third-order valence-electron chi connectivity index (χ3n) is 4.97. The molecule has 0 bridgehead atoms. The number of aryl methyl sites for hydroxylation is 2. The van der Waals surface area contributed by atoms with E-state index in [1.54, 1.807) is 7.05 Å². The van der Waals surface area contributed by atoms with Gasteiger partial charge in [-0.3, -0.25) is 13.9 Å². The van der Waals surface area contributed by atoms with Gasteiger partial charge in [-0.15, -0.1) is 0 Å². The van der Waals surface area contributed by atoms with E-state index in [2.05, 4.69) is 33.2 Å². The molecular formula is C20H25BrClN5O2. The van der Waals surface area contributed by atoms with E-state index >= 15 is 0 Å². The number of hydrogen-bond acceptors (Lipinski definition) is 4. The van der Waals surface area contributed by atoms with Crippen molar-refractivity contribution in [2.24, 2.45) is 13.0 Å². The Kier molecular flexibility index (Phi) is 6.53. The molecule has 0 unspecified atom stereocenters. The maximum Gasteiger partial charge on any atom is 0.332 e. The highest BCUT2D eigenvalue weighted by atomic mass is 79.9. The van der Waals surface area contributed by atoms with Gasteiger partial charge >= 0.3 is 5.69 Å². The minimum atomic E-state index is -0.340. The monoisotopic (exact) mass is 481 g/mol. The highest BCUT2D eigenvalue weighted by Crippen LogP contribution is 2.22. The Balaban J connectivity index is 1.91. The zero-order valence-corrected chi connectivity index (χ0v) is 19.3. The standard InChI is InChI=1S/C20H25BrClN5O2/c1-5-8-26-18(28)16-17(25(4)20(26)29)24-19(21)27(16)11-12(2)10-23-15-9-14(22)7-6-13(15)3/h6-7,9,12,23H,5,8,10-11H2,1-4H3/t12-/m0/s1. The minimum Gasteiger partial charge on any atom is -0.384 e.